The number of hydrogen-bond donors (Lipinski definition) is 2. The number of anilines is 1. The standard InChI is InChI=1S/C14H11N3O4/c18-13(10-4-2-1-3-5-10)16-14(19)15-11-6-8-12(9-7-11)17(20)21/h1-9H,(H2,15,16,18,19). The summed E-state index contributed by atoms with van der Waals surface area (Å²) in [6.07, 6.45) is 0. The van der Waals surface area contributed by atoms with Crippen LogP contribution in [0.15, 0.2) is 54.6 Å². The van der Waals surface area contributed by atoms with E-state index in [1.165, 1.54) is 24.3 Å². The summed E-state index contributed by atoms with van der Waals surface area (Å²) in [5, 5.41) is 15.1. The van der Waals surface area contributed by atoms with Crippen LogP contribution in [0.2, 0.25) is 0 Å². The molecule has 0 aliphatic carbocycles. The second-order valence-electron chi connectivity index (χ2n) is 4.08. The van der Waals surface area contributed by atoms with Crippen molar-refractivity contribution in [3.8, 4) is 0 Å². The highest BCUT2D eigenvalue weighted by molar-refractivity contribution is 6.07. The van der Waals surface area contributed by atoms with Crippen LogP contribution in [0.5, 0.6) is 0 Å². The van der Waals surface area contributed by atoms with Gasteiger partial charge in [-0.1, -0.05) is 18.2 Å². The summed E-state index contributed by atoms with van der Waals surface area (Å²) in [4.78, 5) is 33.3. The minimum absolute atomic E-state index is 0.0821. The van der Waals surface area contributed by atoms with Gasteiger partial charge in [-0.05, 0) is 24.3 Å². The molecule has 0 aromatic heterocycles. The Morgan fingerprint density at radius 3 is 2.14 bits per heavy atom. The molecule has 0 saturated heterocycles. The molecule has 7 nitrogen and oxygen atoms in total. The Hall–Kier alpha value is -3.22. The number of urea groups is 1. The summed E-state index contributed by atoms with van der Waals surface area (Å²) in [7, 11) is 0. The number of nitrogens with one attached hydrogen (secondary N) is 2. The average molecular weight is 285 g/mol. The first kappa shape index (κ1) is 14.2. The Labute approximate surface area is 119 Å². The van der Waals surface area contributed by atoms with Crippen LogP contribution >= 0.6 is 0 Å². The predicted molar refractivity (Wildman–Crippen MR) is 76.0 cm³/mol. The van der Waals surface area contributed by atoms with E-state index in [0.29, 0.717) is 11.3 Å². The molecule has 0 bridgehead atoms. The highest BCUT2D eigenvalue weighted by Gasteiger charge is 2.10. The number of nitro benzene ring substituents is 1. The minimum atomic E-state index is -0.710. The molecule has 0 heterocycles. The fourth-order valence-corrected chi connectivity index (χ4v) is 1.59. The largest absolute Gasteiger partial charge is 0.326 e. The lowest BCUT2D eigenvalue weighted by Crippen LogP contribution is -2.34. The maximum atomic E-state index is 11.7. The number of nitrogens with zero attached hydrogens (tertiary/aromatic N) is 1. The van der Waals surface area contributed by atoms with Crippen molar-refractivity contribution in [3.05, 3.63) is 70.3 Å². The van der Waals surface area contributed by atoms with Gasteiger partial charge in [-0.2, -0.15) is 0 Å². The molecule has 0 fully saturated rings. The SMILES string of the molecule is O=C(NC(=O)c1ccccc1)Nc1ccc([N+](=O)[O-])cc1. The molecule has 2 rings (SSSR count). The van der Waals surface area contributed by atoms with Gasteiger partial charge in [0.1, 0.15) is 0 Å². The van der Waals surface area contributed by atoms with Gasteiger partial charge in [0.25, 0.3) is 11.6 Å². The highest BCUT2D eigenvalue weighted by atomic mass is 16.6. The van der Waals surface area contributed by atoms with E-state index in [2.05, 4.69) is 10.6 Å². The van der Waals surface area contributed by atoms with Gasteiger partial charge in [-0.25, -0.2) is 4.79 Å². The second kappa shape index (κ2) is 6.29. The number of rotatable bonds is 3. The molecule has 0 radical (unpaired) electrons. The molecule has 7 heteroatoms. The first-order valence-corrected chi connectivity index (χ1v) is 5.98. The molecule has 3 amide bonds. The van der Waals surface area contributed by atoms with Crippen molar-refractivity contribution in [2.75, 3.05) is 5.32 Å². The van der Waals surface area contributed by atoms with E-state index >= 15 is 0 Å². The molecular weight excluding hydrogens is 274 g/mol. The molecule has 0 unspecified atom stereocenters. The summed E-state index contributed by atoms with van der Waals surface area (Å²) >= 11 is 0. The number of hydrogen-bond acceptors (Lipinski definition) is 4. The zero-order valence-electron chi connectivity index (χ0n) is 10.8. The summed E-state index contributed by atoms with van der Waals surface area (Å²) in [6.45, 7) is 0. The third kappa shape index (κ3) is 3.87. The van der Waals surface area contributed by atoms with Gasteiger partial charge >= 0.3 is 6.03 Å². The summed E-state index contributed by atoms with van der Waals surface area (Å²) in [5.74, 6) is -0.532. The predicted octanol–water partition coefficient (Wildman–Crippen LogP) is 2.56. The molecule has 2 aromatic carbocycles. The quantitative estimate of drug-likeness (QED) is 0.668. The molecule has 0 saturated carbocycles. The second-order valence-corrected chi connectivity index (χ2v) is 4.08. The van der Waals surface area contributed by atoms with Gasteiger partial charge in [-0.3, -0.25) is 20.2 Å². The Morgan fingerprint density at radius 1 is 0.952 bits per heavy atom. The number of benzene rings is 2. The summed E-state index contributed by atoms with van der Waals surface area (Å²) in [6, 6.07) is 12.8. The van der Waals surface area contributed by atoms with Crippen molar-refractivity contribution >= 4 is 23.3 Å². The molecule has 21 heavy (non-hydrogen) atoms. The number of carbonyl (C=O) groups excluding carboxylic acids is 2. The van der Waals surface area contributed by atoms with Crippen molar-refractivity contribution in [2.24, 2.45) is 0 Å². The average Bonchev–Trinajstić information content (AvgIpc) is 2.48. The van der Waals surface area contributed by atoms with Gasteiger partial charge < -0.3 is 5.32 Å². The topological polar surface area (TPSA) is 101 Å². The molecule has 0 atom stereocenters. The smallest absolute Gasteiger partial charge is 0.308 e. The van der Waals surface area contributed by atoms with Crippen molar-refractivity contribution in [1.82, 2.24) is 5.32 Å². The van der Waals surface area contributed by atoms with E-state index in [1.807, 2.05) is 0 Å². The number of carbonyl (C=O) groups is 2. The van der Waals surface area contributed by atoms with E-state index in [-0.39, 0.29) is 5.69 Å². The van der Waals surface area contributed by atoms with Crippen LogP contribution in [0, 0.1) is 10.1 Å². The monoisotopic (exact) mass is 285 g/mol. The van der Waals surface area contributed by atoms with Crippen molar-refractivity contribution in [3.63, 3.8) is 0 Å². The van der Waals surface area contributed by atoms with Crippen LogP contribution in [-0.2, 0) is 0 Å². The Bertz CT molecular complexity index is 668. The van der Waals surface area contributed by atoms with Gasteiger partial charge in [0.2, 0.25) is 0 Å². The lowest BCUT2D eigenvalue weighted by atomic mass is 10.2. The first-order chi connectivity index (χ1) is 10.1. The molecule has 2 aromatic rings. The van der Waals surface area contributed by atoms with E-state index in [9.17, 15) is 19.7 Å². The number of imide groups is 1. The summed E-state index contributed by atoms with van der Waals surface area (Å²) in [5.41, 5.74) is 0.622. The van der Waals surface area contributed by atoms with Crippen molar-refractivity contribution < 1.29 is 14.5 Å². The number of amides is 3. The lowest BCUT2D eigenvalue weighted by molar-refractivity contribution is -0.384. The Morgan fingerprint density at radius 2 is 1.57 bits per heavy atom. The zero-order valence-corrected chi connectivity index (χ0v) is 10.8. The fraction of sp³-hybridized carbons (Fsp3) is 0. The van der Waals surface area contributed by atoms with E-state index in [4.69, 9.17) is 0 Å². The van der Waals surface area contributed by atoms with E-state index in [0.717, 1.165) is 0 Å². The molecule has 0 aliphatic rings. The molecule has 2 N–H and O–H groups in total. The molecule has 0 aliphatic heterocycles. The van der Waals surface area contributed by atoms with Gasteiger partial charge in [-0.15, -0.1) is 0 Å². The Balaban J connectivity index is 1.95. The highest BCUT2D eigenvalue weighted by Crippen LogP contribution is 2.15. The van der Waals surface area contributed by atoms with Crippen LogP contribution in [0.25, 0.3) is 0 Å². The van der Waals surface area contributed by atoms with Gasteiger partial charge in [0.15, 0.2) is 0 Å². The van der Waals surface area contributed by atoms with E-state index in [1.54, 1.807) is 30.3 Å². The minimum Gasteiger partial charge on any atom is -0.308 e. The van der Waals surface area contributed by atoms with Crippen molar-refractivity contribution in [1.29, 1.82) is 0 Å². The first-order valence-electron chi connectivity index (χ1n) is 5.98. The molecule has 0 spiro atoms. The van der Waals surface area contributed by atoms with Gasteiger partial charge in [0.05, 0.1) is 4.92 Å². The molecule has 106 valence electrons. The fourth-order valence-electron chi connectivity index (χ4n) is 1.59. The van der Waals surface area contributed by atoms with E-state index < -0.39 is 16.9 Å². The zero-order chi connectivity index (χ0) is 15.2. The van der Waals surface area contributed by atoms with Crippen LogP contribution in [0.4, 0.5) is 16.2 Å². The third-order valence-corrected chi connectivity index (χ3v) is 2.60. The number of nitro groups is 1. The van der Waals surface area contributed by atoms with Crippen LogP contribution in [0.3, 0.4) is 0 Å². The third-order valence-electron chi connectivity index (χ3n) is 2.60. The maximum Gasteiger partial charge on any atom is 0.326 e. The maximum absolute atomic E-state index is 11.7. The van der Waals surface area contributed by atoms with Gasteiger partial charge in [0, 0.05) is 23.4 Å². The lowest BCUT2D eigenvalue weighted by Gasteiger charge is -2.06. The molecular formula is C14H11N3O4. The number of non-ortho nitro benzene ring substituents is 1. The summed E-state index contributed by atoms with van der Waals surface area (Å²) < 4.78 is 0. The van der Waals surface area contributed by atoms with Crippen LogP contribution in [0.1, 0.15) is 10.4 Å². The normalized spacial score (nSPS) is 9.71. The Kier molecular flexibility index (Phi) is 4.25. The van der Waals surface area contributed by atoms with Crippen molar-refractivity contribution in [2.45, 2.75) is 0 Å². The van der Waals surface area contributed by atoms with Crippen LogP contribution < -0.4 is 10.6 Å². The van der Waals surface area contributed by atoms with Crippen LogP contribution in [-0.4, -0.2) is 16.9 Å².